The van der Waals surface area contributed by atoms with Gasteiger partial charge < -0.3 is 88.5 Å². The summed E-state index contributed by atoms with van der Waals surface area (Å²) in [7, 11) is 20.0. The highest BCUT2D eigenvalue weighted by atomic mass is 35.5. The summed E-state index contributed by atoms with van der Waals surface area (Å²) in [6.07, 6.45) is 5.07. The Morgan fingerprint density at radius 3 is 1.01 bits per heavy atom. The van der Waals surface area contributed by atoms with Gasteiger partial charge in [-0.3, -0.25) is 20.4 Å². The minimum atomic E-state index is -0.473. The van der Waals surface area contributed by atoms with Crippen molar-refractivity contribution in [1.29, 1.82) is 0 Å². The minimum Gasteiger partial charge on any atom is -0.491 e. The Morgan fingerprint density at radius 1 is 0.400 bits per heavy atom. The standard InChI is InChI=1S/C22H27FN4O3.C22H28N4O4.C18H18N4O2.C17H21N3.C9H10ClNO.C7H10N2.C6H13ClO3/c1-26(2)19-5-3-18(4-6-19)22-24-17-27(25-22)20-7-9-21(10-8-20)30-16-15-29-14-13-28-12-11-23;1-25(2)19-5-3-18(4-6-19)22-23-17-26(24-22)20-7-9-21(10-8-20)30-16-15-29-14-13-28-12-11-27;1-13(23)24-17-10-8-16(9-11-17)22-12-19-18(20-22)14-4-6-15(7-5-14)21(2)3;1-13-4-6-14(7-5-13)12-19-17(18)15-8-10-16(11-9-15)20(2)3;1-11(2)8-5-3-7(4-6-8)9(10)12;1-6-2-4-7(9-8)5-3-6;7-1-3-9-5-6-10-4-2-8/h3-10,17H,11-16H2,1-2H3;3-10,17,27H,11-16H2,1-2H3;4-12H,1-3H3;4-11H,12H2,1-3H3,(H2,18,19);3-6H,1-2H3;2-5,9H,8H2,1H3;8H,1-6H2. The third-order valence-corrected chi connectivity index (χ3v) is 19.4. The van der Waals surface area contributed by atoms with E-state index in [1.54, 1.807) is 57.3 Å². The first kappa shape index (κ1) is 109. The number of hydrogen-bond acceptors (Lipinski definition) is 27. The molecule has 720 valence electrons. The number of rotatable bonds is 42. The molecule has 135 heavy (non-hydrogen) atoms. The van der Waals surface area contributed by atoms with Crippen LogP contribution in [0.3, 0.4) is 0 Å². The van der Waals surface area contributed by atoms with Crippen molar-refractivity contribution in [2.45, 2.75) is 27.3 Å². The van der Waals surface area contributed by atoms with Crippen molar-refractivity contribution in [2.24, 2.45) is 16.6 Å². The second-order valence-corrected chi connectivity index (χ2v) is 31.2. The van der Waals surface area contributed by atoms with Gasteiger partial charge in [-0.1, -0.05) is 47.5 Å². The van der Waals surface area contributed by atoms with Gasteiger partial charge in [0, 0.05) is 145 Å². The number of ether oxygens (including phenoxy) is 9. The van der Waals surface area contributed by atoms with E-state index in [-0.39, 0.29) is 25.8 Å². The molecule has 13 rings (SSSR count). The molecule has 0 atom stereocenters. The molecule has 10 aromatic carbocycles. The van der Waals surface area contributed by atoms with Gasteiger partial charge in [-0.05, 0) is 237 Å². The third kappa shape index (κ3) is 41.0. The number of carbonyl (C=O) groups is 2. The molecule has 7 N–H and O–H groups in total. The van der Waals surface area contributed by atoms with E-state index in [0.717, 1.165) is 84.9 Å². The van der Waals surface area contributed by atoms with Crippen LogP contribution in [0.4, 0.5) is 38.5 Å². The van der Waals surface area contributed by atoms with E-state index in [9.17, 15) is 14.0 Å². The van der Waals surface area contributed by atoms with E-state index in [0.29, 0.717) is 133 Å². The van der Waals surface area contributed by atoms with E-state index in [1.807, 2.05) is 281 Å². The number of nitrogen functional groups attached to an aromatic ring is 1. The molecule has 31 nitrogen and oxygen atoms in total. The number of anilines is 6. The maximum Gasteiger partial charge on any atom is 0.308 e. The molecular formula is C101H127Cl2FN18O13. The lowest BCUT2D eigenvalue weighted by Gasteiger charge is -2.12. The zero-order valence-corrected chi connectivity index (χ0v) is 80.7. The van der Waals surface area contributed by atoms with Crippen molar-refractivity contribution in [1.82, 2.24) is 44.3 Å². The van der Waals surface area contributed by atoms with Gasteiger partial charge in [-0.15, -0.1) is 26.9 Å². The average molecular weight is 1890 g/mol. The second kappa shape index (κ2) is 61.6. The van der Waals surface area contributed by atoms with Crippen molar-refractivity contribution in [3.05, 3.63) is 289 Å². The smallest absolute Gasteiger partial charge is 0.308 e. The molecule has 0 unspecified atom stereocenters. The minimum absolute atomic E-state index is 0.0267. The fourth-order valence-electron chi connectivity index (χ4n) is 11.6. The summed E-state index contributed by atoms with van der Waals surface area (Å²) in [6, 6.07) is 78.2. The Balaban J connectivity index is 0.000000223. The molecule has 34 heteroatoms. The molecule has 0 amide bonds. The Bertz CT molecular complexity index is 5300. The van der Waals surface area contributed by atoms with Crippen molar-refractivity contribution >= 4 is 74.4 Å². The zero-order chi connectivity index (χ0) is 97.5. The molecule has 0 spiro atoms. The third-order valence-electron chi connectivity index (χ3n) is 19.1. The molecule has 0 bridgehead atoms. The second-order valence-electron chi connectivity index (χ2n) is 30.5. The molecule has 3 aromatic heterocycles. The van der Waals surface area contributed by atoms with Crippen LogP contribution in [0.2, 0.25) is 0 Å². The average Bonchev–Trinajstić information content (AvgIpc) is 1.71. The van der Waals surface area contributed by atoms with Crippen LogP contribution in [0.1, 0.15) is 39.5 Å². The molecule has 0 aliphatic rings. The summed E-state index contributed by atoms with van der Waals surface area (Å²) in [5, 5.41) is 30.1. The first-order chi connectivity index (χ1) is 65.3. The highest BCUT2D eigenvalue weighted by molar-refractivity contribution is 6.67. The van der Waals surface area contributed by atoms with Crippen LogP contribution in [-0.2, 0) is 39.8 Å². The van der Waals surface area contributed by atoms with E-state index in [1.165, 1.54) is 23.6 Å². The van der Waals surface area contributed by atoms with Gasteiger partial charge in [0.2, 0.25) is 0 Å². The molecular weight excluding hydrogens is 1760 g/mol. The number of aliphatic imine (C=N–C) groups is 1. The van der Waals surface area contributed by atoms with Crippen molar-refractivity contribution in [3.63, 3.8) is 0 Å². The maximum atomic E-state index is 11.9. The van der Waals surface area contributed by atoms with Gasteiger partial charge in [0.25, 0.3) is 5.24 Å². The Morgan fingerprint density at radius 2 is 0.704 bits per heavy atom. The quantitative estimate of drug-likeness (QED) is 0.00273. The summed E-state index contributed by atoms with van der Waals surface area (Å²) >= 11 is 10.6. The number of aryl methyl sites for hydroxylation is 2. The van der Waals surface area contributed by atoms with E-state index >= 15 is 0 Å². The molecule has 0 saturated heterocycles. The molecule has 0 radical (unpaired) electrons. The summed E-state index contributed by atoms with van der Waals surface area (Å²) in [6.45, 7) is 11.7. The van der Waals surface area contributed by atoms with Crippen LogP contribution in [0.5, 0.6) is 17.2 Å². The van der Waals surface area contributed by atoms with Gasteiger partial charge in [-0.2, -0.15) is 0 Å². The Kier molecular flexibility index (Phi) is 49.6. The molecule has 0 fully saturated rings. The van der Waals surface area contributed by atoms with Gasteiger partial charge in [0.1, 0.15) is 62.0 Å². The zero-order valence-electron chi connectivity index (χ0n) is 79.1. The topological polar surface area (TPSA) is 342 Å². The Hall–Kier alpha value is -13.2. The fourth-order valence-corrected chi connectivity index (χ4v) is 11.8. The van der Waals surface area contributed by atoms with Gasteiger partial charge in [0.15, 0.2) is 17.5 Å². The lowest BCUT2D eigenvalue weighted by Crippen LogP contribution is -2.14. The number of alkyl halides is 2. The predicted molar refractivity (Wildman–Crippen MR) is 538 cm³/mol. The number of carbonyl (C=O) groups excluding carboxylic acids is 2. The van der Waals surface area contributed by atoms with Crippen LogP contribution < -0.4 is 55.7 Å². The monoisotopic (exact) mass is 1890 g/mol. The molecule has 3 heterocycles. The van der Waals surface area contributed by atoms with Crippen LogP contribution in [0.25, 0.3) is 51.2 Å². The van der Waals surface area contributed by atoms with Crippen molar-refractivity contribution in [2.75, 3.05) is 219 Å². The Labute approximate surface area is 801 Å². The first-order valence-corrected chi connectivity index (χ1v) is 44.5. The maximum absolute atomic E-state index is 11.9. The predicted octanol–water partition coefficient (Wildman–Crippen LogP) is 15.3. The highest BCUT2D eigenvalue weighted by Gasteiger charge is 2.13. The fraction of sp³-hybridized carbons (Fsp3) is 0.317. The van der Waals surface area contributed by atoms with Crippen LogP contribution >= 0.6 is 23.2 Å². The van der Waals surface area contributed by atoms with Gasteiger partial charge in [0.05, 0.1) is 116 Å². The number of halogens is 3. The van der Waals surface area contributed by atoms with Crippen molar-refractivity contribution in [3.8, 4) is 68.5 Å². The number of nitrogens with zero attached hydrogens (tertiary/aromatic N) is 15. The van der Waals surface area contributed by atoms with Gasteiger partial charge in [-0.25, -0.2) is 33.4 Å². The van der Waals surface area contributed by atoms with Crippen molar-refractivity contribution < 1.29 is 66.8 Å². The van der Waals surface area contributed by atoms with Crippen LogP contribution in [-0.4, -0.2) is 260 Å². The number of esters is 1. The first-order valence-electron chi connectivity index (χ1n) is 43.6. The number of hydrazine groups is 1. The summed E-state index contributed by atoms with van der Waals surface area (Å²) < 4.78 is 64.2. The number of aliphatic hydroxyl groups is 2. The highest BCUT2D eigenvalue weighted by Crippen LogP contribution is 2.26. The normalized spacial score (nSPS) is 10.6. The van der Waals surface area contributed by atoms with E-state index < -0.39 is 11.9 Å². The lowest BCUT2D eigenvalue weighted by molar-refractivity contribution is -0.131. The lowest BCUT2D eigenvalue weighted by atomic mass is 10.1. The number of aliphatic hydroxyl groups excluding tert-OH is 2. The van der Waals surface area contributed by atoms with E-state index in [2.05, 4.69) is 86.6 Å². The van der Waals surface area contributed by atoms with Crippen LogP contribution in [0, 0.1) is 13.8 Å². The molecule has 13 aromatic rings. The number of benzene rings is 10. The number of nitrogens with one attached hydrogen (secondary N) is 1. The summed E-state index contributed by atoms with van der Waals surface area (Å²) in [5.74, 6) is 9.93. The molecule has 0 saturated carbocycles. The number of hydrogen-bond donors (Lipinski definition) is 5. The van der Waals surface area contributed by atoms with Gasteiger partial charge >= 0.3 is 5.97 Å². The molecule has 0 aliphatic carbocycles. The number of aromatic nitrogens is 9. The van der Waals surface area contributed by atoms with E-state index in [4.69, 9.17) is 87.6 Å². The summed E-state index contributed by atoms with van der Waals surface area (Å²) in [4.78, 5) is 49.4. The molecule has 0 aliphatic heterocycles. The number of nitrogens with two attached hydrogens (primary N) is 2. The largest absolute Gasteiger partial charge is 0.491 e. The van der Waals surface area contributed by atoms with Crippen LogP contribution in [0.15, 0.2) is 267 Å². The summed E-state index contributed by atoms with van der Waals surface area (Å²) in [5.41, 5.74) is 25.8. The number of amidine groups is 1. The SMILES string of the molecule is CC(=O)Oc1ccc(-n2cnc(-c3ccc(N(C)C)cc3)n2)cc1.CN(C)c1ccc(-c2ncn(-c3ccc(OCCOCCOCCF)cc3)n2)cc1.CN(C)c1ccc(-c2ncn(-c3ccc(OCCOCCOCCO)cc3)n2)cc1.CN(C)c1ccc(C(=O)Cl)cc1.Cc1ccc(CN=C(N)c2ccc(N(C)C)cc2)cc1.Cc1ccc(NN)cc1.OCCOCCOCCCl.